The Morgan fingerprint density at radius 3 is 1.65 bits per heavy atom. The number of aliphatic hydroxyl groups is 2. The third-order valence-corrected chi connectivity index (χ3v) is 7.91. The van der Waals surface area contributed by atoms with Crippen molar-refractivity contribution in [2.45, 2.75) is 9.79 Å². The summed E-state index contributed by atoms with van der Waals surface area (Å²) in [5.74, 6) is 0.0402. The van der Waals surface area contributed by atoms with Gasteiger partial charge in [-0.1, -0.05) is 11.6 Å². The molecule has 0 fully saturated rings. The highest BCUT2D eigenvalue weighted by molar-refractivity contribution is 7.89. The Morgan fingerprint density at radius 1 is 0.757 bits per heavy atom. The molecule has 198 valence electrons. The number of benzene rings is 2. The van der Waals surface area contributed by atoms with Crippen molar-refractivity contribution in [1.29, 1.82) is 0 Å². The third-order valence-electron chi connectivity index (χ3n) is 4.67. The summed E-state index contributed by atoms with van der Waals surface area (Å²) in [7, 11) is -7.57. The second-order valence-electron chi connectivity index (χ2n) is 7.26. The number of hydrogen-bond acceptors (Lipinski definition) is 11. The molecule has 0 aliphatic rings. The summed E-state index contributed by atoms with van der Waals surface area (Å²) < 4.78 is 53.1. The number of aldehydes is 1. The van der Waals surface area contributed by atoms with Crippen molar-refractivity contribution in [1.82, 2.24) is 19.4 Å². The molecule has 3 rings (SSSR count). The van der Waals surface area contributed by atoms with Gasteiger partial charge in [-0.15, -0.1) is 0 Å². The van der Waals surface area contributed by atoms with Crippen LogP contribution in [0, 0.1) is 0 Å². The molecular weight excluding hydrogens is 548 g/mol. The second kappa shape index (κ2) is 12.4. The molecule has 6 N–H and O–H groups in total. The van der Waals surface area contributed by atoms with Crippen molar-refractivity contribution in [3.63, 3.8) is 0 Å². The lowest BCUT2D eigenvalue weighted by Gasteiger charge is -2.13. The number of anilines is 4. The molecule has 1 heterocycles. The van der Waals surface area contributed by atoms with Crippen LogP contribution in [0.3, 0.4) is 0 Å². The van der Waals surface area contributed by atoms with E-state index in [-0.39, 0.29) is 58.6 Å². The largest absolute Gasteiger partial charge is 0.395 e. The Labute approximate surface area is 218 Å². The summed E-state index contributed by atoms with van der Waals surface area (Å²) in [6, 6.07) is 11.2. The van der Waals surface area contributed by atoms with Gasteiger partial charge in [0.05, 0.1) is 28.6 Å². The SMILES string of the molecule is O=Cc1c(Cl)nc(Nc2ccc(S(=O)(=O)NCCO)cc2)nc1Nc1ccc(S(=O)(=O)NCCO)cc1. The Bertz CT molecular complexity index is 1450. The maximum atomic E-state index is 12.2. The molecule has 0 saturated carbocycles. The maximum absolute atomic E-state index is 12.2. The fraction of sp³-hybridized carbons (Fsp3) is 0.190. The van der Waals surface area contributed by atoms with Crippen LogP contribution in [0.5, 0.6) is 0 Å². The zero-order chi connectivity index (χ0) is 27.1. The molecule has 13 nitrogen and oxygen atoms in total. The number of carbonyl (C=O) groups is 1. The molecule has 0 spiro atoms. The van der Waals surface area contributed by atoms with Crippen LogP contribution in [0.15, 0.2) is 58.3 Å². The van der Waals surface area contributed by atoms with Crippen LogP contribution in [0.25, 0.3) is 0 Å². The van der Waals surface area contributed by atoms with Crippen LogP contribution < -0.4 is 20.1 Å². The molecule has 0 aliphatic carbocycles. The predicted octanol–water partition coefficient (Wildman–Crippen LogP) is 0.971. The highest BCUT2D eigenvalue weighted by atomic mass is 35.5. The number of halogens is 1. The molecule has 37 heavy (non-hydrogen) atoms. The molecule has 0 aliphatic heterocycles. The van der Waals surface area contributed by atoms with Crippen molar-refractivity contribution in [2.75, 3.05) is 36.9 Å². The number of carbonyl (C=O) groups excluding carboxylic acids is 1. The van der Waals surface area contributed by atoms with E-state index >= 15 is 0 Å². The maximum Gasteiger partial charge on any atom is 0.240 e. The zero-order valence-electron chi connectivity index (χ0n) is 19.0. The molecule has 1 aromatic heterocycles. The van der Waals surface area contributed by atoms with E-state index in [1.54, 1.807) is 0 Å². The van der Waals surface area contributed by atoms with Gasteiger partial charge in [0.2, 0.25) is 26.0 Å². The van der Waals surface area contributed by atoms with Gasteiger partial charge in [-0.05, 0) is 48.5 Å². The van der Waals surface area contributed by atoms with Crippen LogP contribution in [-0.4, -0.2) is 69.6 Å². The quantitative estimate of drug-likeness (QED) is 0.126. The molecule has 0 atom stereocenters. The zero-order valence-corrected chi connectivity index (χ0v) is 21.4. The van der Waals surface area contributed by atoms with E-state index in [1.165, 1.54) is 48.5 Å². The number of hydrogen-bond donors (Lipinski definition) is 6. The average Bonchev–Trinajstić information content (AvgIpc) is 2.87. The van der Waals surface area contributed by atoms with Crippen molar-refractivity contribution in [3.05, 3.63) is 59.2 Å². The van der Waals surface area contributed by atoms with E-state index in [9.17, 15) is 21.6 Å². The van der Waals surface area contributed by atoms with Gasteiger partial charge in [-0.25, -0.2) is 26.3 Å². The van der Waals surface area contributed by atoms with Gasteiger partial charge in [0, 0.05) is 24.5 Å². The Morgan fingerprint density at radius 2 is 1.22 bits per heavy atom. The average molecular weight is 571 g/mol. The molecule has 2 aromatic carbocycles. The number of aliphatic hydroxyl groups excluding tert-OH is 2. The molecule has 0 radical (unpaired) electrons. The Balaban J connectivity index is 1.81. The first-order valence-electron chi connectivity index (χ1n) is 10.6. The highest BCUT2D eigenvalue weighted by Gasteiger charge is 2.17. The lowest BCUT2D eigenvalue weighted by molar-refractivity contribution is 0.112. The minimum Gasteiger partial charge on any atom is -0.395 e. The fourth-order valence-corrected chi connectivity index (χ4v) is 5.18. The number of nitrogens with one attached hydrogen (secondary N) is 4. The van der Waals surface area contributed by atoms with Gasteiger partial charge in [0.1, 0.15) is 11.0 Å². The van der Waals surface area contributed by atoms with E-state index in [0.29, 0.717) is 17.7 Å². The molecule has 0 saturated heterocycles. The molecule has 3 aromatic rings. The Hall–Kier alpha value is -3.18. The first-order chi connectivity index (χ1) is 17.6. The van der Waals surface area contributed by atoms with E-state index in [4.69, 9.17) is 21.8 Å². The van der Waals surface area contributed by atoms with Crippen molar-refractivity contribution >= 4 is 61.1 Å². The minimum atomic E-state index is -3.79. The molecule has 0 bridgehead atoms. The van der Waals surface area contributed by atoms with E-state index in [0.717, 1.165) is 0 Å². The highest BCUT2D eigenvalue weighted by Crippen LogP contribution is 2.27. The minimum absolute atomic E-state index is 0.000450. The summed E-state index contributed by atoms with van der Waals surface area (Å²) >= 11 is 6.16. The van der Waals surface area contributed by atoms with Crippen LogP contribution in [0.4, 0.5) is 23.1 Å². The number of nitrogens with zero attached hydrogens (tertiary/aromatic N) is 2. The first-order valence-corrected chi connectivity index (χ1v) is 13.9. The topological polar surface area (TPSA) is 200 Å². The third kappa shape index (κ3) is 7.42. The number of rotatable bonds is 13. The van der Waals surface area contributed by atoms with Gasteiger partial charge in [0.25, 0.3) is 0 Å². The normalized spacial score (nSPS) is 11.8. The van der Waals surface area contributed by atoms with E-state index in [1.807, 2.05) is 0 Å². The van der Waals surface area contributed by atoms with Crippen molar-refractivity contribution in [2.24, 2.45) is 0 Å². The standard InChI is InChI=1S/C21H23ClN6O7S2/c22-19-18(13-31)20(25-14-1-5-16(6-2-14)36(32,33)23-9-11-29)28-21(27-19)26-15-3-7-17(8-4-15)37(34,35)24-10-12-30/h1-8,13,23-24,29-30H,9-12H2,(H2,25,26,27,28). The van der Waals surface area contributed by atoms with Crippen LogP contribution in [-0.2, 0) is 20.0 Å². The van der Waals surface area contributed by atoms with Gasteiger partial charge >= 0.3 is 0 Å². The monoisotopic (exact) mass is 570 g/mol. The van der Waals surface area contributed by atoms with Crippen molar-refractivity contribution < 1.29 is 31.8 Å². The summed E-state index contributed by atoms with van der Waals surface area (Å²) in [6.07, 6.45) is 0.463. The van der Waals surface area contributed by atoms with Crippen LogP contribution in [0.2, 0.25) is 5.15 Å². The number of aromatic nitrogens is 2. The summed E-state index contributed by atoms with van der Waals surface area (Å²) in [6.45, 7) is -0.926. The van der Waals surface area contributed by atoms with Crippen molar-refractivity contribution in [3.8, 4) is 0 Å². The van der Waals surface area contributed by atoms with E-state index < -0.39 is 20.0 Å². The molecule has 16 heteroatoms. The lowest BCUT2D eigenvalue weighted by Crippen LogP contribution is -2.26. The first kappa shape index (κ1) is 28.4. The van der Waals surface area contributed by atoms with E-state index in [2.05, 4.69) is 30.0 Å². The number of sulfonamides is 2. The summed E-state index contributed by atoms with van der Waals surface area (Å²) in [5.41, 5.74) is 0.784. The predicted molar refractivity (Wildman–Crippen MR) is 136 cm³/mol. The smallest absolute Gasteiger partial charge is 0.240 e. The Kier molecular flexibility index (Phi) is 9.50. The van der Waals surface area contributed by atoms with Gasteiger partial charge in [0.15, 0.2) is 6.29 Å². The molecule has 0 amide bonds. The second-order valence-corrected chi connectivity index (χ2v) is 11.2. The fourth-order valence-electron chi connectivity index (χ4n) is 2.93. The van der Waals surface area contributed by atoms with Gasteiger partial charge in [-0.2, -0.15) is 9.97 Å². The summed E-state index contributed by atoms with van der Waals surface area (Å²) in [4.78, 5) is 19.8. The van der Waals surface area contributed by atoms with Gasteiger partial charge in [-0.3, -0.25) is 4.79 Å². The van der Waals surface area contributed by atoms with Crippen LogP contribution in [0.1, 0.15) is 10.4 Å². The van der Waals surface area contributed by atoms with Crippen LogP contribution >= 0.6 is 11.6 Å². The molecular formula is C21H23ClN6O7S2. The molecule has 0 unspecified atom stereocenters. The van der Waals surface area contributed by atoms with Gasteiger partial charge < -0.3 is 20.8 Å². The lowest BCUT2D eigenvalue weighted by atomic mass is 10.3. The summed E-state index contributed by atoms with van der Waals surface area (Å²) in [5, 5.41) is 23.2.